The number of carboxylic acids is 1. The summed E-state index contributed by atoms with van der Waals surface area (Å²) in [4.78, 5) is 11.3. The molecule has 2 aromatic carbocycles. The fourth-order valence-corrected chi connectivity index (χ4v) is 3.48. The Morgan fingerprint density at radius 2 is 1.96 bits per heavy atom. The molecule has 122 valence electrons. The highest BCUT2D eigenvalue weighted by atomic mass is 19.1. The van der Waals surface area contributed by atoms with Crippen LogP contribution >= 0.6 is 0 Å². The maximum atomic E-state index is 13.1. The minimum atomic E-state index is -0.823. The lowest BCUT2D eigenvalue weighted by Gasteiger charge is -2.22. The van der Waals surface area contributed by atoms with E-state index in [4.69, 9.17) is 0 Å². The van der Waals surface area contributed by atoms with Gasteiger partial charge in [-0.25, -0.2) is 4.39 Å². The van der Waals surface area contributed by atoms with Crippen LogP contribution < -0.4 is 5.32 Å². The third-order valence-electron chi connectivity index (χ3n) is 4.67. The number of aromatic nitrogens is 1. The summed E-state index contributed by atoms with van der Waals surface area (Å²) in [7, 11) is 0. The average molecular weight is 324 g/mol. The van der Waals surface area contributed by atoms with E-state index in [9.17, 15) is 14.3 Å². The number of fused-ring (bicyclic) bond motifs is 3. The molecular weight excluding hydrogens is 307 g/mol. The molecule has 0 amide bonds. The van der Waals surface area contributed by atoms with Crippen LogP contribution in [0.1, 0.15) is 16.8 Å². The standard InChI is InChI=1S/C19H17FN2O2/c20-13-7-5-12(6-8-13)11-22-17-4-2-1-3-14(17)15-9-16(19(23)24)21-10-18(15)22/h1-8,16,21H,9-11H2,(H,23,24). The van der Waals surface area contributed by atoms with Gasteiger partial charge in [-0.3, -0.25) is 10.1 Å². The molecule has 4 rings (SSSR count). The van der Waals surface area contributed by atoms with Crippen LogP contribution in [0.2, 0.25) is 0 Å². The van der Waals surface area contributed by atoms with E-state index in [0.29, 0.717) is 19.5 Å². The SMILES string of the molecule is O=C(O)C1Cc2c(n(Cc3ccc(F)cc3)c3ccccc23)CN1. The number of nitrogens with one attached hydrogen (secondary N) is 1. The van der Waals surface area contributed by atoms with Crippen LogP contribution in [-0.2, 0) is 24.3 Å². The van der Waals surface area contributed by atoms with Gasteiger partial charge in [0.15, 0.2) is 0 Å². The van der Waals surface area contributed by atoms with Crippen molar-refractivity contribution in [2.24, 2.45) is 0 Å². The highest BCUT2D eigenvalue weighted by Gasteiger charge is 2.28. The fourth-order valence-electron chi connectivity index (χ4n) is 3.48. The summed E-state index contributed by atoms with van der Waals surface area (Å²) in [6.45, 7) is 1.15. The number of rotatable bonds is 3. The number of para-hydroxylation sites is 1. The van der Waals surface area contributed by atoms with Crippen molar-refractivity contribution < 1.29 is 14.3 Å². The number of hydrogen-bond acceptors (Lipinski definition) is 2. The van der Waals surface area contributed by atoms with Crippen molar-refractivity contribution in [3.05, 3.63) is 71.2 Å². The lowest BCUT2D eigenvalue weighted by atomic mass is 9.98. The van der Waals surface area contributed by atoms with Crippen LogP contribution in [0.25, 0.3) is 10.9 Å². The van der Waals surface area contributed by atoms with Gasteiger partial charge in [0.2, 0.25) is 0 Å². The minimum absolute atomic E-state index is 0.246. The molecule has 0 aliphatic carbocycles. The van der Waals surface area contributed by atoms with E-state index in [-0.39, 0.29) is 5.82 Å². The molecule has 0 fully saturated rings. The monoisotopic (exact) mass is 324 g/mol. The summed E-state index contributed by atoms with van der Waals surface area (Å²) in [6, 6.07) is 14.0. The zero-order chi connectivity index (χ0) is 16.7. The number of benzene rings is 2. The van der Waals surface area contributed by atoms with Gasteiger partial charge >= 0.3 is 5.97 Å². The fraction of sp³-hybridized carbons (Fsp3) is 0.211. The number of hydrogen-bond donors (Lipinski definition) is 2. The summed E-state index contributed by atoms with van der Waals surface area (Å²) in [5.74, 6) is -1.07. The van der Waals surface area contributed by atoms with Crippen LogP contribution in [0.5, 0.6) is 0 Å². The average Bonchev–Trinajstić information content (AvgIpc) is 2.90. The van der Waals surface area contributed by atoms with Crippen LogP contribution in [0, 0.1) is 5.82 Å². The predicted octanol–water partition coefficient (Wildman–Crippen LogP) is 2.93. The second kappa shape index (κ2) is 5.76. The molecule has 5 heteroatoms. The summed E-state index contributed by atoms with van der Waals surface area (Å²) < 4.78 is 15.3. The first-order valence-corrected chi connectivity index (χ1v) is 7.93. The van der Waals surface area contributed by atoms with E-state index < -0.39 is 12.0 Å². The molecule has 2 heterocycles. The third-order valence-corrected chi connectivity index (χ3v) is 4.67. The molecule has 0 spiro atoms. The number of halogens is 1. The first-order valence-electron chi connectivity index (χ1n) is 7.93. The van der Waals surface area contributed by atoms with Gasteiger partial charge in [0.1, 0.15) is 11.9 Å². The van der Waals surface area contributed by atoms with Gasteiger partial charge in [-0.05, 0) is 29.3 Å². The van der Waals surface area contributed by atoms with Crippen molar-refractivity contribution in [3.8, 4) is 0 Å². The molecule has 0 saturated heterocycles. The third kappa shape index (κ3) is 2.47. The molecule has 1 aromatic heterocycles. The smallest absolute Gasteiger partial charge is 0.321 e. The van der Waals surface area contributed by atoms with Gasteiger partial charge < -0.3 is 9.67 Å². The number of carboxylic acid groups (broad SMARTS) is 1. The second-order valence-electron chi connectivity index (χ2n) is 6.13. The molecule has 4 nitrogen and oxygen atoms in total. The summed E-state index contributed by atoms with van der Waals surface area (Å²) >= 11 is 0. The Hall–Kier alpha value is -2.66. The van der Waals surface area contributed by atoms with Crippen LogP contribution in [0.15, 0.2) is 48.5 Å². The molecule has 1 aliphatic rings. The zero-order valence-electron chi connectivity index (χ0n) is 13.0. The highest BCUT2D eigenvalue weighted by molar-refractivity contribution is 5.87. The van der Waals surface area contributed by atoms with Crippen molar-refractivity contribution in [1.29, 1.82) is 0 Å². The number of aliphatic carboxylic acids is 1. The minimum Gasteiger partial charge on any atom is -0.480 e. The van der Waals surface area contributed by atoms with Gasteiger partial charge in [-0.2, -0.15) is 0 Å². The topological polar surface area (TPSA) is 54.3 Å². The van der Waals surface area contributed by atoms with Crippen molar-refractivity contribution in [1.82, 2.24) is 9.88 Å². The Kier molecular flexibility index (Phi) is 3.58. The van der Waals surface area contributed by atoms with E-state index in [1.54, 1.807) is 12.1 Å². The maximum Gasteiger partial charge on any atom is 0.321 e. The van der Waals surface area contributed by atoms with E-state index in [0.717, 1.165) is 27.7 Å². The Labute approximate surface area is 138 Å². The molecule has 1 unspecified atom stereocenters. The van der Waals surface area contributed by atoms with Crippen molar-refractivity contribution in [2.45, 2.75) is 25.6 Å². The molecule has 0 radical (unpaired) electrons. The van der Waals surface area contributed by atoms with Gasteiger partial charge in [0, 0.05) is 36.1 Å². The second-order valence-corrected chi connectivity index (χ2v) is 6.13. The van der Waals surface area contributed by atoms with E-state index in [1.165, 1.54) is 12.1 Å². The van der Waals surface area contributed by atoms with E-state index in [2.05, 4.69) is 9.88 Å². The largest absolute Gasteiger partial charge is 0.480 e. The van der Waals surface area contributed by atoms with Gasteiger partial charge in [0.25, 0.3) is 0 Å². The summed E-state index contributed by atoms with van der Waals surface area (Å²) in [5, 5.41) is 13.5. The molecule has 0 bridgehead atoms. The number of nitrogens with zero attached hydrogens (tertiary/aromatic N) is 1. The van der Waals surface area contributed by atoms with Crippen LogP contribution in [0.3, 0.4) is 0 Å². The van der Waals surface area contributed by atoms with Crippen molar-refractivity contribution in [2.75, 3.05) is 0 Å². The molecule has 2 N–H and O–H groups in total. The van der Waals surface area contributed by atoms with Gasteiger partial charge in [0.05, 0.1) is 0 Å². The predicted molar refractivity (Wildman–Crippen MR) is 89.4 cm³/mol. The Balaban J connectivity index is 1.81. The molecule has 1 atom stereocenters. The summed E-state index contributed by atoms with van der Waals surface area (Å²) in [6.07, 6.45) is 0.474. The normalized spacial score (nSPS) is 17.0. The number of carbonyl (C=O) groups is 1. The Morgan fingerprint density at radius 3 is 2.71 bits per heavy atom. The van der Waals surface area contributed by atoms with E-state index in [1.807, 2.05) is 24.3 Å². The van der Waals surface area contributed by atoms with E-state index >= 15 is 0 Å². The van der Waals surface area contributed by atoms with Crippen molar-refractivity contribution >= 4 is 16.9 Å². The quantitative estimate of drug-likeness (QED) is 0.779. The first-order chi connectivity index (χ1) is 11.6. The van der Waals surface area contributed by atoms with Gasteiger partial charge in [-0.1, -0.05) is 30.3 Å². The molecule has 24 heavy (non-hydrogen) atoms. The van der Waals surface area contributed by atoms with Crippen LogP contribution in [-0.4, -0.2) is 21.7 Å². The molecule has 1 aliphatic heterocycles. The Bertz CT molecular complexity index is 915. The lowest BCUT2D eigenvalue weighted by Crippen LogP contribution is -2.42. The highest BCUT2D eigenvalue weighted by Crippen LogP contribution is 2.30. The van der Waals surface area contributed by atoms with Gasteiger partial charge in [-0.15, -0.1) is 0 Å². The zero-order valence-corrected chi connectivity index (χ0v) is 13.0. The molecule has 0 saturated carbocycles. The summed E-state index contributed by atoms with van der Waals surface area (Å²) in [5.41, 5.74) is 4.30. The maximum absolute atomic E-state index is 13.1. The first kappa shape index (κ1) is 14.9. The molecule has 3 aromatic rings. The lowest BCUT2D eigenvalue weighted by molar-refractivity contribution is -0.139. The Morgan fingerprint density at radius 1 is 1.21 bits per heavy atom. The van der Waals surface area contributed by atoms with Crippen LogP contribution in [0.4, 0.5) is 4.39 Å². The molecular formula is C19H17FN2O2. The van der Waals surface area contributed by atoms with Crippen molar-refractivity contribution in [3.63, 3.8) is 0 Å².